The Morgan fingerprint density at radius 1 is 1.70 bits per heavy atom. The van der Waals surface area contributed by atoms with Gasteiger partial charge in [0.2, 0.25) is 0 Å². The van der Waals surface area contributed by atoms with Crippen LogP contribution in [0.2, 0.25) is 0 Å². The molecule has 1 saturated heterocycles. The van der Waals surface area contributed by atoms with E-state index in [0.717, 1.165) is 0 Å². The average molecular weight is 148 g/mol. The van der Waals surface area contributed by atoms with Gasteiger partial charge in [-0.1, -0.05) is 0 Å². The first-order valence-electron chi connectivity index (χ1n) is 3.33. The molecule has 4 heteroatoms. The second kappa shape index (κ2) is 3.88. The van der Waals surface area contributed by atoms with E-state index in [2.05, 4.69) is 0 Å². The summed E-state index contributed by atoms with van der Waals surface area (Å²) in [5.41, 5.74) is 0. The van der Waals surface area contributed by atoms with Crippen LogP contribution in [-0.4, -0.2) is 48.8 Å². The van der Waals surface area contributed by atoms with Gasteiger partial charge in [-0.2, -0.15) is 0 Å². The molecule has 2 N–H and O–H groups in total. The fourth-order valence-corrected chi connectivity index (χ4v) is 0.654. The van der Waals surface area contributed by atoms with E-state index in [1.165, 1.54) is 0 Å². The molecule has 0 amide bonds. The van der Waals surface area contributed by atoms with E-state index in [0.29, 0.717) is 6.61 Å². The SMILES string of the molecule is OCCOCC(O)C1CO1. The van der Waals surface area contributed by atoms with Crippen molar-refractivity contribution in [2.45, 2.75) is 12.2 Å². The van der Waals surface area contributed by atoms with Gasteiger partial charge >= 0.3 is 0 Å². The van der Waals surface area contributed by atoms with Crippen molar-refractivity contribution in [2.75, 3.05) is 26.4 Å². The Balaban J connectivity index is 1.90. The minimum Gasteiger partial charge on any atom is -0.394 e. The van der Waals surface area contributed by atoms with Gasteiger partial charge in [-0.15, -0.1) is 0 Å². The van der Waals surface area contributed by atoms with Crippen molar-refractivity contribution < 1.29 is 19.7 Å². The third-order valence-electron chi connectivity index (χ3n) is 1.31. The van der Waals surface area contributed by atoms with Crippen molar-refractivity contribution in [3.8, 4) is 0 Å². The highest BCUT2D eigenvalue weighted by Gasteiger charge is 2.31. The van der Waals surface area contributed by atoms with Gasteiger partial charge in [0.05, 0.1) is 26.4 Å². The van der Waals surface area contributed by atoms with Crippen molar-refractivity contribution in [1.29, 1.82) is 0 Å². The molecular weight excluding hydrogens is 136 g/mol. The quantitative estimate of drug-likeness (QED) is 0.378. The zero-order valence-corrected chi connectivity index (χ0v) is 5.69. The maximum absolute atomic E-state index is 9.08. The molecule has 0 spiro atoms. The van der Waals surface area contributed by atoms with E-state index in [4.69, 9.17) is 19.7 Å². The minimum absolute atomic E-state index is 0.00174. The fraction of sp³-hybridized carbons (Fsp3) is 1.00. The molecule has 4 nitrogen and oxygen atoms in total. The van der Waals surface area contributed by atoms with Crippen molar-refractivity contribution in [3.05, 3.63) is 0 Å². The zero-order chi connectivity index (χ0) is 7.40. The van der Waals surface area contributed by atoms with Crippen LogP contribution in [0.1, 0.15) is 0 Å². The Hall–Kier alpha value is -0.160. The Morgan fingerprint density at radius 3 is 2.90 bits per heavy atom. The van der Waals surface area contributed by atoms with Gasteiger partial charge in [0.25, 0.3) is 0 Å². The van der Waals surface area contributed by atoms with Crippen molar-refractivity contribution in [2.24, 2.45) is 0 Å². The summed E-state index contributed by atoms with van der Waals surface area (Å²) in [6.45, 7) is 1.16. The van der Waals surface area contributed by atoms with E-state index < -0.39 is 6.10 Å². The molecule has 0 saturated carbocycles. The summed E-state index contributed by atoms with van der Waals surface area (Å²) in [7, 11) is 0. The van der Waals surface area contributed by atoms with E-state index in [9.17, 15) is 0 Å². The molecule has 1 fully saturated rings. The van der Waals surface area contributed by atoms with Crippen molar-refractivity contribution in [1.82, 2.24) is 0 Å². The highest BCUT2D eigenvalue weighted by Crippen LogP contribution is 2.13. The lowest BCUT2D eigenvalue weighted by atomic mass is 10.3. The average Bonchev–Trinajstić information content (AvgIpc) is 2.69. The molecule has 0 aromatic heterocycles. The molecule has 1 aliphatic heterocycles. The topological polar surface area (TPSA) is 62.2 Å². The number of hydrogen-bond donors (Lipinski definition) is 2. The van der Waals surface area contributed by atoms with Gasteiger partial charge in [-0.05, 0) is 0 Å². The second-order valence-corrected chi connectivity index (χ2v) is 2.24. The molecule has 0 aromatic carbocycles. The Kier molecular flexibility index (Phi) is 3.08. The van der Waals surface area contributed by atoms with Gasteiger partial charge in [-0.3, -0.25) is 0 Å². The maximum atomic E-state index is 9.08. The molecule has 2 atom stereocenters. The van der Waals surface area contributed by atoms with Crippen LogP contribution in [0, 0.1) is 0 Å². The summed E-state index contributed by atoms with van der Waals surface area (Å²) in [6.07, 6.45) is -0.551. The first-order valence-corrected chi connectivity index (χ1v) is 3.33. The molecule has 0 bridgehead atoms. The van der Waals surface area contributed by atoms with Gasteiger partial charge < -0.3 is 19.7 Å². The van der Waals surface area contributed by atoms with Crippen LogP contribution in [0.5, 0.6) is 0 Å². The lowest BCUT2D eigenvalue weighted by molar-refractivity contribution is 0.00954. The van der Waals surface area contributed by atoms with E-state index in [1.807, 2.05) is 0 Å². The standard InChI is InChI=1S/C6H12O4/c7-1-2-9-3-5(8)6-4-10-6/h5-8H,1-4H2. The summed E-state index contributed by atoms with van der Waals surface area (Å²) in [4.78, 5) is 0. The van der Waals surface area contributed by atoms with Gasteiger partial charge in [0.1, 0.15) is 12.2 Å². The summed E-state index contributed by atoms with van der Waals surface area (Å²) < 4.78 is 9.67. The second-order valence-electron chi connectivity index (χ2n) is 2.24. The van der Waals surface area contributed by atoms with E-state index in [1.54, 1.807) is 0 Å². The molecular formula is C6H12O4. The number of epoxide rings is 1. The molecule has 1 heterocycles. The molecule has 2 unspecified atom stereocenters. The van der Waals surface area contributed by atoms with Crippen LogP contribution in [0.4, 0.5) is 0 Å². The Morgan fingerprint density at radius 2 is 2.40 bits per heavy atom. The third kappa shape index (κ3) is 2.62. The first-order chi connectivity index (χ1) is 4.84. The predicted octanol–water partition coefficient (Wildman–Crippen LogP) is -1.24. The molecule has 60 valence electrons. The normalized spacial score (nSPS) is 26.4. The molecule has 10 heavy (non-hydrogen) atoms. The molecule has 0 aromatic rings. The molecule has 1 aliphatic rings. The number of aliphatic hydroxyl groups is 2. The first kappa shape index (κ1) is 7.94. The number of ether oxygens (including phenoxy) is 2. The Labute approximate surface area is 59.4 Å². The summed E-state index contributed by atoms with van der Waals surface area (Å²) >= 11 is 0. The van der Waals surface area contributed by atoms with Crippen molar-refractivity contribution in [3.63, 3.8) is 0 Å². The third-order valence-corrected chi connectivity index (χ3v) is 1.31. The Bertz CT molecular complexity index is 91.7. The van der Waals surface area contributed by atoms with Crippen molar-refractivity contribution >= 4 is 0 Å². The highest BCUT2D eigenvalue weighted by molar-refractivity contribution is 4.77. The van der Waals surface area contributed by atoms with Gasteiger partial charge in [0.15, 0.2) is 0 Å². The molecule has 0 aliphatic carbocycles. The number of hydrogen-bond acceptors (Lipinski definition) is 4. The maximum Gasteiger partial charge on any atom is 0.109 e. The molecule has 0 radical (unpaired) electrons. The summed E-state index contributed by atoms with van der Waals surface area (Å²) in [5, 5.41) is 17.4. The van der Waals surface area contributed by atoms with Crippen LogP contribution in [-0.2, 0) is 9.47 Å². The van der Waals surface area contributed by atoms with Gasteiger partial charge in [-0.25, -0.2) is 0 Å². The number of aliphatic hydroxyl groups excluding tert-OH is 2. The van der Waals surface area contributed by atoms with Crippen LogP contribution in [0.15, 0.2) is 0 Å². The van der Waals surface area contributed by atoms with Crippen LogP contribution in [0.3, 0.4) is 0 Å². The largest absolute Gasteiger partial charge is 0.394 e. The zero-order valence-electron chi connectivity index (χ0n) is 5.69. The minimum atomic E-state index is -0.522. The summed E-state index contributed by atoms with van der Waals surface area (Å²) in [6, 6.07) is 0. The fourth-order valence-electron chi connectivity index (χ4n) is 0.654. The van der Waals surface area contributed by atoms with Crippen LogP contribution < -0.4 is 0 Å². The lowest BCUT2D eigenvalue weighted by Gasteiger charge is -2.06. The van der Waals surface area contributed by atoms with Crippen LogP contribution >= 0.6 is 0 Å². The lowest BCUT2D eigenvalue weighted by Crippen LogP contribution is -2.22. The number of rotatable bonds is 5. The smallest absolute Gasteiger partial charge is 0.109 e. The predicted molar refractivity (Wildman–Crippen MR) is 33.7 cm³/mol. The highest BCUT2D eigenvalue weighted by atomic mass is 16.6. The van der Waals surface area contributed by atoms with E-state index >= 15 is 0 Å². The monoisotopic (exact) mass is 148 g/mol. The van der Waals surface area contributed by atoms with Crippen LogP contribution in [0.25, 0.3) is 0 Å². The summed E-state index contributed by atoms with van der Waals surface area (Å²) in [5.74, 6) is 0. The van der Waals surface area contributed by atoms with Gasteiger partial charge in [0, 0.05) is 0 Å². The molecule has 1 rings (SSSR count). The van der Waals surface area contributed by atoms with E-state index in [-0.39, 0.29) is 25.9 Å².